The lowest BCUT2D eigenvalue weighted by molar-refractivity contribution is 0.412. The van der Waals surface area contributed by atoms with Crippen molar-refractivity contribution >= 4 is 119 Å². The molecule has 0 atom stereocenters. The molecular formula is C61HAl2F42N. The fourth-order valence-electron chi connectivity index (χ4n) is 11.4. The van der Waals surface area contributed by atoms with Gasteiger partial charge in [0.1, 0.15) is 69.8 Å². The van der Waals surface area contributed by atoms with E-state index >= 15 is 79.0 Å². The third-order valence-corrected chi connectivity index (χ3v) is 22.5. The quantitative estimate of drug-likeness (QED) is 0.0704. The van der Waals surface area contributed by atoms with Gasteiger partial charge in [0, 0.05) is 6.57 Å². The molecule has 0 saturated carbocycles. The van der Waals surface area contributed by atoms with E-state index in [-0.39, 0.29) is 0 Å². The average Bonchev–Trinajstić information content (AvgIpc) is 0.707. The molecule has 0 N–H and O–H groups in total. The maximum absolute atomic E-state index is 16.1. The van der Waals surface area contributed by atoms with Crippen LogP contribution in [0, 0.1) is 256 Å². The molecule has 0 aromatic heterocycles. The van der Waals surface area contributed by atoms with Gasteiger partial charge in [-0.2, -0.15) is 0 Å². The molecule has 0 amide bonds. The van der Waals surface area contributed by atoms with Crippen molar-refractivity contribution < 1.29 is 184 Å². The molecule has 0 aliphatic rings. The molecule has 0 spiro atoms. The monoisotopic (exact) mass is 1600 g/mol. The third kappa shape index (κ3) is 10.5. The number of rotatable bonds is 6. The number of hydrogen-bond donors (Lipinski definition) is 0. The first-order valence-electron chi connectivity index (χ1n) is 26.4. The predicted molar refractivity (Wildman–Crippen MR) is 278 cm³/mol. The molecule has 0 saturated heterocycles. The van der Waals surface area contributed by atoms with Crippen molar-refractivity contribution in [2.45, 2.75) is 0 Å². The van der Waals surface area contributed by atoms with Crippen LogP contribution in [0.15, 0.2) is 0 Å². The summed E-state index contributed by atoms with van der Waals surface area (Å²) < 4.78 is 611. The minimum Gasteiger partial charge on any atom is -0.207 e. The second-order valence-corrected chi connectivity index (χ2v) is 26.2. The zero-order valence-corrected chi connectivity index (χ0v) is 50.4. The molecular weight excluding hydrogens is 1600 g/mol. The van der Waals surface area contributed by atoms with Crippen LogP contribution < -0.4 is 26.6 Å². The summed E-state index contributed by atoms with van der Waals surface area (Å²) in [4.78, 5) is 0. The molecule has 45 heteroatoms. The Labute approximate surface area is 558 Å². The number of halogens is 42. The molecule has 12 aromatic carbocycles. The van der Waals surface area contributed by atoms with Crippen LogP contribution in [-0.4, -0.2) is 28.3 Å². The molecule has 550 valence electrons. The van der Waals surface area contributed by atoms with Crippen LogP contribution in [0.2, 0.25) is 0 Å². The number of fused-ring (bicyclic) bond motifs is 6. The Kier molecular flexibility index (Phi) is 20.0. The average molecular weight is 1600 g/mol. The van der Waals surface area contributed by atoms with Gasteiger partial charge in [-0.15, -0.1) is 0 Å². The number of nitrogens with zero attached hydrogens (tertiary/aromatic N) is 1. The zero-order chi connectivity index (χ0) is 79.8. The van der Waals surface area contributed by atoms with E-state index in [0.29, 0.717) is 0 Å². The first-order valence-corrected chi connectivity index (χ1v) is 29.9. The van der Waals surface area contributed by atoms with Crippen molar-refractivity contribution in [2.75, 3.05) is 0 Å². The Morgan fingerprint density at radius 2 is 0.170 bits per heavy atom. The highest BCUT2D eigenvalue weighted by Gasteiger charge is 2.50. The molecule has 0 fully saturated rings. The van der Waals surface area contributed by atoms with Crippen LogP contribution in [0.4, 0.5) is 184 Å². The van der Waals surface area contributed by atoms with Gasteiger partial charge in [0.15, 0.2) is 175 Å². The Morgan fingerprint density at radius 1 is 0.104 bits per heavy atom. The van der Waals surface area contributed by atoms with Gasteiger partial charge in [0.2, 0.25) is 0 Å². The second kappa shape index (κ2) is 27.0. The van der Waals surface area contributed by atoms with Gasteiger partial charge < -0.3 is 0 Å². The van der Waals surface area contributed by atoms with Gasteiger partial charge >= 0.3 is 28.3 Å². The normalized spacial score (nSPS) is 11.7. The summed E-state index contributed by atoms with van der Waals surface area (Å²) in [6.45, 7) is 3.50. The Balaban J connectivity index is 0.000000222. The van der Waals surface area contributed by atoms with E-state index in [9.17, 15) is 105 Å². The lowest BCUT2D eigenvalue weighted by Crippen LogP contribution is -2.60. The van der Waals surface area contributed by atoms with E-state index in [1.807, 2.05) is 0 Å². The highest BCUT2D eigenvalue weighted by atomic mass is 27.2. The fraction of sp³-hybridized carbons (Fsp3) is 0. The minimum atomic E-state index is -6.63. The lowest BCUT2D eigenvalue weighted by atomic mass is 10.1. The van der Waals surface area contributed by atoms with E-state index in [0.717, 1.165) is 0 Å². The van der Waals surface area contributed by atoms with Crippen molar-refractivity contribution in [1.29, 1.82) is 5.26 Å². The standard InChI is InChI=1S/6C10F7.CHN.2Al/c6*11-2-1-3(12)6(13)5-4(2)7(14)9(16)10(17)8(5)15;1-2;;/h;;;;;;1H;;. The maximum Gasteiger partial charge on any atom is 0.412 e. The number of nitriles is 1. The Hall–Kier alpha value is -10.2. The maximum atomic E-state index is 16.1. The van der Waals surface area contributed by atoms with Gasteiger partial charge in [-0.05, 0) is 26.6 Å². The second-order valence-electron chi connectivity index (χ2n) is 21.0. The van der Waals surface area contributed by atoms with Crippen LogP contribution in [-0.2, 0) is 0 Å². The highest BCUT2D eigenvalue weighted by molar-refractivity contribution is 6.97. The smallest absolute Gasteiger partial charge is 0.207 e. The highest BCUT2D eigenvalue weighted by Crippen LogP contribution is 2.41. The van der Waals surface area contributed by atoms with E-state index in [1.54, 1.807) is 0 Å². The largest absolute Gasteiger partial charge is 0.412 e. The molecule has 106 heavy (non-hydrogen) atoms. The molecule has 12 aromatic rings. The molecule has 0 aliphatic carbocycles. The van der Waals surface area contributed by atoms with E-state index in [1.165, 1.54) is 0 Å². The van der Waals surface area contributed by atoms with E-state index < -0.39 is 364 Å². The third-order valence-electron chi connectivity index (χ3n) is 16.0. The number of hydrogen-bond acceptors (Lipinski definition) is 1. The molecule has 0 heterocycles. The summed E-state index contributed by atoms with van der Waals surface area (Å²) in [5, 5.41) is -24.3. The van der Waals surface area contributed by atoms with Gasteiger partial charge in [-0.1, -0.05) is 0 Å². The molecule has 0 aliphatic heterocycles. The van der Waals surface area contributed by atoms with Crippen LogP contribution in [0.1, 0.15) is 0 Å². The van der Waals surface area contributed by atoms with Crippen molar-refractivity contribution in [3.8, 4) is 6.57 Å². The fourth-order valence-corrected chi connectivity index (χ4v) is 17.8. The summed E-state index contributed by atoms with van der Waals surface area (Å²) in [5.74, 6) is -129. The van der Waals surface area contributed by atoms with Crippen molar-refractivity contribution in [2.24, 2.45) is 0 Å². The van der Waals surface area contributed by atoms with Crippen LogP contribution >= 0.6 is 0 Å². The summed E-state index contributed by atoms with van der Waals surface area (Å²) in [5.41, 5.74) is 0. The number of benzene rings is 12. The zero-order valence-electron chi connectivity index (χ0n) is 48.1. The molecule has 0 bridgehead atoms. The van der Waals surface area contributed by atoms with E-state index in [2.05, 4.69) is 6.57 Å². The molecule has 0 unspecified atom stereocenters. The Bertz CT molecular complexity index is 5160. The van der Waals surface area contributed by atoms with Crippen LogP contribution in [0.3, 0.4) is 0 Å². The van der Waals surface area contributed by atoms with Gasteiger partial charge in [0.05, 0.1) is 64.6 Å². The van der Waals surface area contributed by atoms with E-state index in [4.69, 9.17) is 5.26 Å². The first-order chi connectivity index (χ1) is 49.2. The lowest BCUT2D eigenvalue weighted by Gasteiger charge is -2.22. The summed E-state index contributed by atoms with van der Waals surface area (Å²) >= 11 is -13.3. The van der Waals surface area contributed by atoms with Gasteiger partial charge in [0.25, 0.3) is 0 Å². The van der Waals surface area contributed by atoms with Crippen LogP contribution in [0.5, 0.6) is 0 Å². The van der Waals surface area contributed by atoms with Crippen molar-refractivity contribution in [1.82, 2.24) is 0 Å². The summed E-state index contributed by atoms with van der Waals surface area (Å²) in [7, 11) is 0. The summed E-state index contributed by atoms with van der Waals surface area (Å²) in [6.07, 6.45) is 0. The van der Waals surface area contributed by atoms with Gasteiger partial charge in [-0.25, -0.2) is 190 Å². The van der Waals surface area contributed by atoms with Crippen LogP contribution in [0.25, 0.3) is 64.6 Å². The molecule has 1 nitrogen and oxygen atoms in total. The van der Waals surface area contributed by atoms with Gasteiger partial charge in [-0.3, -0.25) is 0 Å². The topological polar surface area (TPSA) is 23.8 Å². The minimum absolute atomic E-state index is 2.52. The molecule has 0 radical (unpaired) electrons. The predicted octanol–water partition coefficient (Wildman–Crippen LogP) is 17.3. The molecule has 12 rings (SSSR count). The Morgan fingerprint density at radius 3 is 0.255 bits per heavy atom. The van der Waals surface area contributed by atoms with Crippen molar-refractivity contribution in [3.05, 3.63) is 244 Å². The first kappa shape index (κ1) is 78.4. The SMILES string of the molecule is C#N.Fc1c(F)c(F)c2c(F)[c]([Al]([c]3c(F)c(F)c4c(F)c(F)c(F)c(F)c4c3F)[c]3c(F)c(F)c4c(F)c(F)c(F)c(F)c4c3F)c(F)c(F)c2c1F.Fc1c(F)c(F)c2c(F)[c]([Al]([c]3c(F)c(F)c4c(F)c(F)c(F)c(F)c4c3F)[c]3c(F)c(F)c4c(F)c(F)c(F)c(F)c4c3F)c(F)c(F)c2c1F. The summed E-state index contributed by atoms with van der Waals surface area (Å²) in [6, 6.07) is 0. The van der Waals surface area contributed by atoms with Crippen molar-refractivity contribution in [3.63, 3.8) is 0 Å².